The van der Waals surface area contributed by atoms with Crippen LogP contribution in [-0.4, -0.2) is 21.9 Å². The van der Waals surface area contributed by atoms with Crippen LogP contribution in [-0.2, 0) is 13.5 Å². The number of nitrogens with zero attached hydrogens (tertiary/aromatic N) is 2. The van der Waals surface area contributed by atoms with Gasteiger partial charge in [-0.05, 0) is 58.9 Å². The van der Waals surface area contributed by atoms with Gasteiger partial charge in [0.05, 0.1) is 5.69 Å². The second kappa shape index (κ2) is 6.95. The number of rotatable bonds is 6. The lowest BCUT2D eigenvalue weighted by Gasteiger charge is -2.26. The third-order valence-electron chi connectivity index (χ3n) is 3.49. The third-order valence-corrected chi connectivity index (χ3v) is 3.96. The first kappa shape index (κ1) is 17.5. The lowest BCUT2D eigenvalue weighted by Crippen LogP contribution is -2.39. The van der Waals surface area contributed by atoms with Gasteiger partial charge in [0.1, 0.15) is 5.15 Å². The van der Waals surface area contributed by atoms with Gasteiger partial charge in [0.2, 0.25) is 0 Å². The van der Waals surface area contributed by atoms with Crippen molar-refractivity contribution in [1.82, 2.24) is 15.1 Å². The zero-order chi connectivity index (χ0) is 15.5. The van der Waals surface area contributed by atoms with Gasteiger partial charge in [0.15, 0.2) is 0 Å². The van der Waals surface area contributed by atoms with E-state index in [0.717, 1.165) is 23.8 Å². The summed E-state index contributed by atoms with van der Waals surface area (Å²) in [5.41, 5.74) is 2.42. The fourth-order valence-corrected chi connectivity index (χ4v) is 2.80. The maximum absolute atomic E-state index is 6.36. The lowest BCUT2D eigenvalue weighted by molar-refractivity contribution is 0.331. The molecule has 4 heteroatoms. The second-order valence-corrected chi connectivity index (χ2v) is 7.67. The Morgan fingerprint density at radius 2 is 1.90 bits per heavy atom. The maximum atomic E-state index is 6.36. The molecule has 0 aliphatic heterocycles. The number of halogens is 1. The molecule has 1 N–H and O–H groups in total. The first-order valence-corrected chi connectivity index (χ1v) is 7.91. The summed E-state index contributed by atoms with van der Waals surface area (Å²) in [5.74, 6) is 1.28. The summed E-state index contributed by atoms with van der Waals surface area (Å²) in [7, 11) is 1.91. The van der Waals surface area contributed by atoms with Crippen molar-refractivity contribution in [1.29, 1.82) is 0 Å². The predicted molar refractivity (Wildman–Crippen MR) is 87.4 cm³/mol. The molecule has 0 amide bonds. The van der Waals surface area contributed by atoms with E-state index in [9.17, 15) is 0 Å². The molecule has 1 heterocycles. The zero-order valence-electron chi connectivity index (χ0n) is 14.0. The van der Waals surface area contributed by atoms with Gasteiger partial charge in [0.25, 0.3) is 0 Å². The quantitative estimate of drug-likeness (QED) is 0.861. The minimum atomic E-state index is 0.156. The smallest absolute Gasteiger partial charge is 0.130 e. The predicted octanol–water partition coefficient (Wildman–Crippen LogP) is 3.97. The highest BCUT2D eigenvalue weighted by Gasteiger charge is 2.20. The van der Waals surface area contributed by atoms with Crippen molar-refractivity contribution in [2.24, 2.45) is 18.9 Å². The van der Waals surface area contributed by atoms with Crippen LogP contribution in [0.2, 0.25) is 5.15 Å². The van der Waals surface area contributed by atoms with Crippen molar-refractivity contribution in [3.8, 4) is 0 Å². The Kier molecular flexibility index (Phi) is 6.08. The fraction of sp³-hybridized carbons (Fsp3) is 0.812. The standard InChI is InChI=1S/C16H30ClN3/c1-11(2)8-13(10-18-16(4,5)6)9-14-12(3)19-20(7)15(14)17/h11,13,18H,8-10H2,1-7H3. The van der Waals surface area contributed by atoms with Gasteiger partial charge in [-0.25, -0.2) is 0 Å². The highest BCUT2D eigenvalue weighted by molar-refractivity contribution is 6.30. The van der Waals surface area contributed by atoms with E-state index in [1.165, 1.54) is 12.0 Å². The van der Waals surface area contributed by atoms with Crippen LogP contribution in [0.4, 0.5) is 0 Å². The highest BCUT2D eigenvalue weighted by Crippen LogP contribution is 2.25. The number of hydrogen-bond donors (Lipinski definition) is 1. The van der Waals surface area contributed by atoms with Gasteiger partial charge < -0.3 is 5.32 Å². The molecule has 1 atom stereocenters. The first-order valence-electron chi connectivity index (χ1n) is 7.53. The zero-order valence-corrected chi connectivity index (χ0v) is 14.8. The molecule has 0 saturated carbocycles. The molecule has 0 aliphatic rings. The molecule has 1 aromatic heterocycles. The summed E-state index contributed by atoms with van der Waals surface area (Å²) in [5, 5.41) is 8.82. The minimum absolute atomic E-state index is 0.156. The van der Waals surface area contributed by atoms with Crippen molar-refractivity contribution in [3.63, 3.8) is 0 Å². The van der Waals surface area contributed by atoms with E-state index < -0.39 is 0 Å². The van der Waals surface area contributed by atoms with Crippen LogP contribution in [0.25, 0.3) is 0 Å². The molecule has 0 spiro atoms. The fourth-order valence-electron chi connectivity index (χ4n) is 2.55. The van der Waals surface area contributed by atoms with Crippen molar-refractivity contribution < 1.29 is 0 Å². The summed E-state index contributed by atoms with van der Waals surface area (Å²) < 4.78 is 1.77. The normalized spacial score (nSPS) is 14.1. The summed E-state index contributed by atoms with van der Waals surface area (Å²) >= 11 is 6.36. The van der Waals surface area contributed by atoms with E-state index in [4.69, 9.17) is 11.6 Å². The number of aromatic nitrogens is 2. The van der Waals surface area contributed by atoms with Crippen LogP contribution in [0.5, 0.6) is 0 Å². The first-order chi connectivity index (χ1) is 9.10. The van der Waals surface area contributed by atoms with Gasteiger partial charge in [-0.2, -0.15) is 5.10 Å². The molecular weight excluding hydrogens is 270 g/mol. The van der Waals surface area contributed by atoms with E-state index in [2.05, 4.69) is 45.0 Å². The average molecular weight is 300 g/mol. The summed E-state index contributed by atoms with van der Waals surface area (Å²) in [6.45, 7) is 14.3. The largest absolute Gasteiger partial charge is 0.312 e. The maximum Gasteiger partial charge on any atom is 0.130 e. The number of hydrogen-bond acceptors (Lipinski definition) is 2. The number of aryl methyl sites for hydroxylation is 2. The van der Waals surface area contributed by atoms with Gasteiger partial charge >= 0.3 is 0 Å². The molecule has 3 nitrogen and oxygen atoms in total. The van der Waals surface area contributed by atoms with Crippen molar-refractivity contribution in [2.45, 2.75) is 59.9 Å². The van der Waals surface area contributed by atoms with E-state index in [0.29, 0.717) is 11.8 Å². The van der Waals surface area contributed by atoms with Gasteiger partial charge in [-0.3, -0.25) is 4.68 Å². The molecule has 1 unspecified atom stereocenters. The van der Waals surface area contributed by atoms with Crippen LogP contribution < -0.4 is 5.32 Å². The summed E-state index contributed by atoms with van der Waals surface area (Å²) in [4.78, 5) is 0. The van der Waals surface area contributed by atoms with E-state index in [1.54, 1.807) is 4.68 Å². The monoisotopic (exact) mass is 299 g/mol. The van der Waals surface area contributed by atoms with E-state index >= 15 is 0 Å². The summed E-state index contributed by atoms with van der Waals surface area (Å²) in [6.07, 6.45) is 2.20. The van der Waals surface area contributed by atoms with Gasteiger partial charge in [-0.1, -0.05) is 25.4 Å². The molecule has 1 aromatic rings. The van der Waals surface area contributed by atoms with Crippen LogP contribution in [0.3, 0.4) is 0 Å². The Balaban J connectivity index is 2.78. The SMILES string of the molecule is Cc1nn(C)c(Cl)c1CC(CNC(C)(C)C)CC(C)C. The third kappa shape index (κ3) is 5.45. The van der Waals surface area contributed by atoms with Crippen LogP contribution in [0.15, 0.2) is 0 Å². The topological polar surface area (TPSA) is 29.9 Å². The lowest BCUT2D eigenvalue weighted by atomic mass is 9.90. The average Bonchev–Trinajstić information content (AvgIpc) is 2.51. The Labute approximate surface area is 129 Å². The van der Waals surface area contributed by atoms with Crippen molar-refractivity contribution in [3.05, 3.63) is 16.4 Å². The molecule has 0 saturated heterocycles. The molecule has 116 valence electrons. The Hall–Kier alpha value is -0.540. The molecule has 20 heavy (non-hydrogen) atoms. The van der Waals surface area contributed by atoms with E-state index in [-0.39, 0.29) is 5.54 Å². The number of nitrogens with one attached hydrogen (secondary N) is 1. The Morgan fingerprint density at radius 3 is 2.30 bits per heavy atom. The second-order valence-electron chi connectivity index (χ2n) is 7.31. The van der Waals surface area contributed by atoms with Crippen molar-refractivity contribution in [2.75, 3.05) is 6.54 Å². The molecule has 0 bridgehead atoms. The summed E-state index contributed by atoms with van der Waals surface area (Å²) in [6, 6.07) is 0. The molecule has 1 rings (SSSR count). The molecular formula is C16H30ClN3. The van der Waals surface area contributed by atoms with Crippen LogP contribution in [0.1, 0.15) is 52.3 Å². The van der Waals surface area contributed by atoms with E-state index in [1.807, 2.05) is 14.0 Å². The highest BCUT2D eigenvalue weighted by atomic mass is 35.5. The molecule has 0 fully saturated rings. The Morgan fingerprint density at radius 1 is 1.30 bits per heavy atom. The van der Waals surface area contributed by atoms with Crippen LogP contribution >= 0.6 is 11.6 Å². The van der Waals surface area contributed by atoms with Gasteiger partial charge in [-0.15, -0.1) is 0 Å². The van der Waals surface area contributed by atoms with Gasteiger partial charge in [0, 0.05) is 18.2 Å². The minimum Gasteiger partial charge on any atom is -0.312 e. The molecule has 0 radical (unpaired) electrons. The molecule has 0 aromatic carbocycles. The van der Waals surface area contributed by atoms with Crippen LogP contribution in [0, 0.1) is 18.8 Å². The Bertz CT molecular complexity index is 430. The van der Waals surface area contributed by atoms with Crippen molar-refractivity contribution >= 4 is 11.6 Å². The molecule has 0 aliphatic carbocycles.